The van der Waals surface area contributed by atoms with Crippen LogP contribution in [0.1, 0.15) is 37.4 Å². The van der Waals surface area contributed by atoms with E-state index in [0.717, 1.165) is 40.7 Å². The van der Waals surface area contributed by atoms with Crippen LogP contribution in [0.15, 0.2) is 27.8 Å². The monoisotopic (exact) mass is 387 g/mol. The van der Waals surface area contributed by atoms with Crippen LogP contribution >= 0.6 is 11.3 Å². The molecule has 2 heterocycles. The van der Waals surface area contributed by atoms with Gasteiger partial charge in [0.2, 0.25) is 4.96 Å². The minimum Gasteiger partial charge on any atom is -0.493 e. The number of nitrogens with zero attached hydrogens (tertiary/aromatic N) is 3. The molecule has 0 aliphatic heterocycles. The second kappa shape index (κ2) is 8.30. The molecule has 0 amide bonds. The van der Waals surface area contributed by atoms with Gasteiger partial charge in [-0.2, -0.15) is 14.6 Å². The molecule has 3 rings (SSSR count). The van der Waals surface area contributed by atoms with E-state index in [-0.39, 0.29) is 16.2 Å². The Morgan fingerprint density at radius 2 is 2.04 bits per heavy atom. The molecular weight excluding hydrogens is 366 g/mol. The van der Waals surface area contributed by atoms with Crippen molar-refractivity contribution in [3.8, 4) is 11.5 Å². The van der Waals surface area contributed by atoms with Gasteiger partial charge in [-0.25, -0.2) is 0 Å². The molecule has 0 unspecified atom stereocenters. The molecule has 27 heavy (non-hydrogen) atoms. The predicted molar refractivity (Wildman–Crippen MR) is 105 cm³/mol. The molecule has 0 N–H and O–H groups in total. The van der Waals surface area contributed by atoms with Crippen molar-refractivity contribution in [1.29, 1.82) is 0 Å². The second-order valence-electron chi connectivity index (χ2n) is 6.08. The van der Waals surface area contributed by atoms with Crippen molar-refractivity contribution in [2.24, 2.45) is 0 Å². The van der Waals surface area contributed by atoms with Gasteiger partial charge in [-0.05, 0) is 37.1 Å². The number of fused-ring (bicyclic) bond motifs is 1. The average Bonchev–Trinajstić information content (AvgIpc) is 2.95. The lowest BCUT2D eigenvalue weighted by Gasteiger charge is -2.11. The zero-order valence-corrected chi connectivity index (χ0v) is 16.3. The van der Waals surface area contributed by atoms with E-state index in [1.54, 1.807) is 13.2 Å². The Morgan fingerprint density at radius 3 is 2.78 bits per heavy atom. The molecule has 0 atom stereocenters. The van der Waals surface area contributed by atoms with Gasteiger partial charge < -0.3 is 9.47 Å². The molecular formula is C19H21N3O4S. The summed E-state index contributed by atoms with van der Waals surface area (Å²) in [6.45, 7) is 4.32. The maximum absolute atomic E-state index is 12.5. The van der Waals surface area contributed by atoms with Crippen molar-refractivity contribution in [2.75, 3.05) is 13.7 Å². The molecule has 0 radical (unpaired) electrons. The van der Waals surface area contributed by atoms with Gasteiger partial charge in [0.25, 0.3) is 11.1 Å². The third-order valence-electron chi connectivity index (χ3n) is 4.03. The molecule has 0 aliphatic rings. The van der Waals surface area contributed by atoms with Crippen LogP contribution in [-0.2, 0) is 0 Å². The normalized spacial score (nSPS) is 11.9. The first-order chi connectivity index (χ1) is 13.0. The van der Waals surface area contributed by atoms with Gasteiger partial charge in [0.1, 0.15) is 5.69 Å². The smallest absolute Gasteiger partial charge is 0.295 e. The number of benzene rings is 1. The number of aryl methyl sites for hydroxylation is 1. The summed E-state index contributed by atoms with van der Waals surface area (Å²) in [5.41, 5.74) is 0.259. The SMILES string of the molecule is CCCCCOc1ccc(/C=c2\sc3nc(=O)c(C)nn3c2=O)cc1OC. The van der Waals surface area contributed by atoms with Crippen molar-refractivity contribution >= 4 is 22.4 Å². The number of thiazole rings is 1. The molecule has 2 aromatic heterocycles. The fourth-order valence-electron chi connectivity index (χ4n) is 2.57. The Hall–Kier alpha value is -2.74. The van der Waals surface area contributed by atoms with E-state index < -0.39 is 5.56 Å². The minimum absolute atomic E-state index is 0.195. The van der Waals surface area contributed by atoms with Gasteiger partial charge in [0, 0.05) is 0 Å². The van der Waals surface area contributed by atoms with E-state index in [1.807, 2.05) is 18.2 Å². The highest BCUT2D eigenvalue weighted by atomic mass is 32.1. The van der Waals surface area contributed by atoms with Crippen LogP contribution in [0.2, 0.25) is 0 Å². The average molecular weight is 387 g/mol. The second-order valence-corrected chi connectivity index (χ2v) is 7.09. The lowest BCUT2D eigenvalue weighted by Crippen LogP contribution is -2.27. The van der Waals surface area contributed by atoms with Crippen LogP contribution in [0.4, 0.5) is 0 Å². The summed E-state index contributed by atoms with van der Waals surface area (Å²) in [5, 5.41) is 4.01. The highest BCUT2D eigenvalue weighted by molar-refractivity contribution is 7.15. The van der Waals surface area contributed by atoms with E-state index in [9.17, 15) is 9.59 Å². The zero-order valence-electron chi connectivity index (χ0n) is 15.5. The lowest BCUT2D eigenvalue weighted by molar-refractivity contribution is 0.286. The Labute approximate surface area is 159 Å². The number of methoxy groups -OCH3 is 1. The maximum atomic E-state index is 12.5. The maximum Gasteiger partial charge on any atom is 0.295 e. The topological polar surface area (TPSA) is 82.8 Å². The summed E-state index contributed by atoms with van der Waals surface area (Å²) in [4.78, 5) is 28.3. The van der Waals surface area contributed by atoms with Gasteiger partial charge in [-0.3, -0.25) is 9.59 Å². The Morgan fingerprint density at radius 1 is 1.22 bits per heavy atom. The molecule has 0 saturated carbocycles. The Kier molecular flexibility index (Phi) is 5.85. The highest BCUT2D eigenvalue weighted by Crippen LogP contribution is 2.28. The summed E-state index contributed by atoms with van der Waals surface area (Å²) < 4.78 is 12.8. The van der Waals surface area contributed by atoms with Crippen molar-refractivity contribution in [1.82, 2.24) is 14.6 Å². The van der Waals surface area contributed by atoms with Crippen LogP contribution < -0.4 is 25.1 Å². The number of ether oxygens (including phenoxy) is 2. The van der Waals surface area contributed by atoms with Crippen molar-refractivity contribution in [3.05, 3.63) is 54.7 Å². The van der Waals surface area contributed by atoms with Crippen LogP contribution in [0, 0.1) is 6.92 Å². The van der Waals surface area contributed by atoms with Crippen molar-refractivity contribution in [2.45, 2.75) is 33.1 Å². The molecule has 3 aromatic rings. The summed E-state index contributed by atoms with van der Waals surface area (Å²) in [6.07, 6.45) is 4.98. The van der Waals surface area contributed by atoms with Gasteiger partial charge in [-0.15, -0.1) is 0 Å². The van der Waals surface area contributed by atoms with Crippen LogP contribution in [0.5, 0.6) is 11.5 Å². The molecule has 0 spiro atoms. The predicted octanol–water partition coefficient (Wildman–Crippen LogP) is 1.94. The number of hydrogen-bond acceptors (Lipinski definition) is 7. The van der Waals surface area contributed by atoms with E-state index in [4.69, 9.17) is 9.47 Å². The fourth-order valence-corrected chi connectivity index (χ4v) is 3.47. The lowest BCUT2D eigenvalue weighted by atomic mass is 10.2. The number of aromatic nitrogens is 3. The first-order valence-electron chi connectivity index (χ1n) is 8.76. The first-order valence-corrected chi connectivity index (χ1v) is 9.58. The standard InChI is InChI=1S/C19H21N3O4S/c1-4-5-6-9-26-14-8-7-13(10-15(14)25-3)11-16-18(24)22-19(27-16)20-17(23)12(2)21-22/h7-8,10-11H,4-6,9H2,1-3H3/b16-11-. The van der Waals surface area contributed by atoms with Gasteiger partial charge in [0.15, 0.2) is 11.5 Å². The quantitative estimate of drug-likeness (QED) is 0.576. The third-order valence-corrected chi connectivity index (χ3v) is 4.99. The summed E-state index contributed by atoms with van der Waals surface area (Å²) in [5.74, 6) is 1.28. The minimum atomic E-state index is -0.422. The molecule has 0 bridgehead atoms. The van der Waals surface area contributed by atoms with Crippen LogP contribution in [-0.4, -0.2) is 28.3 Å². The number of unbranched alkanes of at least 4 members (excludes halogenated alkanes) is 2. The van der Waals surface area contributed by atoms with Crippen LogP contribution in [0.25, 0.3) is 11.0 Å². The van der Waals surface area contributed by atoms with Crippen LogP contribution in [0.3, 0.4) is 0 Å². The Bertz CT molecular complexity index is 1120. The van der Waals surface area contributed by atoms with Crippen molar-refractivity contribution < 1.29 is 9.47 Å². The zero-order chi connectivity index (χ0) is 19.4. The van der Waals surface area contributed by atoms with E-state index >= 15 is 0 Å². The van der Waals surface area contributed by atoms with Gasteiger partial charge in [0.05, 0.1) is 18.2 Å². The van der Waals surface area contributed by atoms with Gasteiger partial charge >= 0.3 is 0 Å². The molecule has 1 aromatic carbocycles. The van der Waals surface area contributed by atoms with E-state index in [0.29, 0.717) is 22.6 Å². The largest absolute Gasteiger partial charge is 0.493 e. The molecule has 7 nitrogen and oxygen atoms in total. The molecule has 142 valence electrons. The van der Waals surface area contributed by atoms with E-state index in [1.165, 1.54) is 6.92 Å². The molecule has 0 fully saturated rings. The molecule has 0 saturated heterocycles. The first kappa shape index (κ1) is 19.0. The number of hydrogen-bond donors (Lipinski definition) is 0. The van der Waals surface area contributed by atoms with Gasteiger partial charge in [-0.1, -0.05) is 37.2 Å². The summed E-state index contributed by atoms with van der Waals surface area (Å²) in [7, 11) is 1.58. The van der Waals surface area contributed by atoms with E-state index in [2.05, 4.69) is 17.0 Å². The Balaban J connectivity index is 1.95. The summed E-state index contributed by atoms with van der Waals surface area (Å²) >= 11 is 1.13. The highest BCUT2D eigenvalue weighted by Gasteiger charge is 2.09. The molecule has 8 heteroatoms. The molecule has 0 aliphatic carbocycles. The number of rotatable bonds is 7. The van der Waals surface area contributed by atoms with Crippen molar-refractivity contribution in [3.63, 3.8) is 0 Å². The third kappa shape index (κ3) is 4.16. The summed E-state index contributed by atoms with van der Waals surface area (Å²) in [6, 6.07) is 5.50. The fraction of sp³-hybridized carbons (Fsp3) is 0.368.